The fraction of sp³-hybridized carbons (Fsp3) is 0.345. The van der Waals surface area contributed by atoms with Gasteiger partial charge in [0.1, 0.15) is 18.5 Å². The molecule has 9 heteroatoms. The molecule has 8 nitrogen and oxygen atoms in total. The van der Waals surface area contributed by atoms with E-state index in [0.29, 0.717) is 30.0 Å². The summed E-state index contributed by atoms with van der Waals surface area (Å²) in [5.41, 5.74) is 1.62. The molecule has 2 N–H and O–H groups in total. The van der Waals surface area contributed by atoms with E-state index in [-0.39, 0.29) is 11.0 Å². The highest BCUT2D eigenvalue weighted by molar-refractivity contribution is 7.85. The molecule has 2 aliphatic heterocycles. The molecule has 0 spiro atoms. The van der Waals surface area contributed by atoms with Gasteiger partial charge in [0, 0.05) is 12.1 Å². The van der Waals surface area contributed by atoms with Gasteiger partial charge < -0.3 is 19.5 Å². The van der Waals surface area contributed by atoms with Gasteiger partial charge in [-0.2, -0.15) is 8.42 Å². The predicted octanol–water partition coefficient (Wildman–Crippen LogP) is 4.40. The molecule has 2 aliphatic rings. The second-order valence-electron chi connectivity index (χ2n) is 9.61. The highest BCUT2D eigenvalue weighted by Gasteiger charge is 2.40. The van der Waals surface area contributed by atoms with Crippen LogP contribution in [0.4, 0.5) is 0 Å². The maximum Gasteiger partial charge on any atom is 0.339 e. The minimum Gasteiger partial charge on any atom is -0.489 e. The lowest BCUT2D eigenvalue weighted by Crippen LogP contribution is -2.43. The molecule has 5 rings (SSSR count). The Morgan fingerprint density at radius 2 is 1.47 bits per heavy atom. The number of nitrogens with zero attached hydrogens (tertiary/aromatic N) is 1. The minimum atomic E-state index is -4.14. The summed E-state index contributed by atoms with van der Waals surface area (Å²) in [6.45, 7) is 0.409. The van der Waals surface area contributed by atoms with E-state index in [4.69, 9.17) is 14.0 Å². The van der Waals surface area contributed by atoms with Crippen LogP contribution in [0.15, 0.2) is 89.8 Å². The lowest BCUT2D eigenvalue weighted by atomic mass is 10.0. The monoisotopic (exact) mass is 539 g/mol. The van der Waals surface area contributed by atoms with Gasteiger partial charge in [0.05, 0.1) is 4.90 Å². The number of aliphatic hydroxyl groups is 1. The van der Waals surface area contributed by atoms with Gasteiger partial charge >= 0.3 is 5.97 Å². The second kappa shape index (κ2) is 12.5. The summed E-state index contributed by atoms with van der Waals surface area (Å²) in [6.07, 6.45) is 2.94. The molecule has 2 heterocycles. The van der Waals surface area contributed by atoms with Gasteiger partial charge in [-0.15, -0.1) is 0 Å². The summed E-state index contributed by atoms with van der Waals surface area (Å²) in [5.74, 6) is 0.0245. The number of hydrogen-bond acceptors (Lipinski definition) is 7. The van der Waals surface area contributed by atoms with Crippen molar-refractivity contribution in [3.63, 3.8) is 0 Å². The van der Waals surface area contributed by atoms with Gasteiger partial charge in [-0.3, -0.25) is 4.55 Å². The maximum absolute atomic E-state index is 12.0. The molecule has 3 aromatic rings. The first kappa shape index (κ1) is 27.8. The first-order chi connectivity index (χ1) is 18.2. The lowest BCUT2D eigenvalue weighted by molar-refractivity contribution is -0.162. The van der Waals surface area contributed by atoms with E-state index in [0.717, 1.165) is 18.4 Å². The van der Waals surface area contributed by atoms with Gasteiger partial charge in [-0.05, 0) is 68.1 Å². The van der Waals surface area contributed by atoms with Gasteiger partial charge in [-0.1, -0.05) is 60.7 Å². The van der Waals surface area contributed by atoms with Gasteiger partial charge in [0.25, 0.3) is 10.1 Å². The number of piperidine rings is 1. The zero-order valence-corrected chi connectivity index (χ0v) is 22.0. The molecule has 0 aliphatic carbocycles. The van der Waals surface area contributed by atoms with Crippen molar-refractivity contribution in [3.05, 3.63) is 96.1 Å². The van der Waals surface area contributed by atoms with Crippen LogP contribution in [0.3, 0.4) is 0 Å². The molecular formula is C29H33NO7S. The zero-order valence-electron chi connectivity index (χ0n) is 21.2. The SMILES string of the molecule is CN1[C@@H]2CC[C@H]1CC(OC(=O)C(O)c1ccccc1)C2.O=S(=O)(O)c1ccc(OCc2ccccc2)cc1. The Balaban J connectivity index is 0.000000178. The van der Waals surface area contributed by atoms with Gasteiger partial charge in [-0.25, -0.2) is 4.79 Å². The molecule has 2 unspecified atom stereocenters. The summed E-state index contributed by atoms with van der Waals surface area (Å²) in [6, 6.07) is 25.3. The first-order valence-corrected chi connectivity index (χ1v) is 14.0. The van der Waals surface area contributed by atoms with Crippen LogP contribution in [0.2, 0.25) is 0 Å². The summed E-state index contributed by atoms with van der Waals surface area (Å²) >= 11 is 0. The van der Waals surface area contributed by atoms with Crippen molar-refractivity contribution in [1.82, 2.24) is 4.90 Å². The number of rotatable bonds is 7. The normalized spacial score (nSPS) is 21.6. The van der Waals surface area contributed by atoms with E-state index >= 15 is 0 Å². The van der Waals surface area contributed by atoms with Crippen LogP contribution in [0.5, 0.6) is 5.75 Å². The highest BCUT2D eigenvalue weighted by Crippen LogP contribution is 2.36. The third kappa shape index (κ3) is 7.41. The van der Waals surface area contributed by atoms with Crippen LogP contribution in [0, 0.1) is 0 Å². The molecule has 2 bridgehead atoms. The van der Waals surface area contributed by atoms with E-state index in [2.05, 4.69) is 11.9 Å². The van der Waals surface area contributed by atoms with Crippen molar-refractivity contribution >= 4 is 16.1 Å². The average Bonchev–Trinajstić information content (AvgIpc) is 3.12. The summed E-state index contributed by atoms with van der Waals surface area (Å²) in [4.78, 5) is 14.3. The predicted molar refractivity (Wildman–Crippen MR) is 142 cm³/mol. The Morgan fingerprint density at radius 3 is 2.03 bits per heavy atom. The van der Waals surface area contributed by atoms with Crippen molar-refractivity contribution in [2.75, 3.05) is 7.05 Å². The molecule has 2 fully saturated rings. The fourth-order valence-corrected chi connectivity index (χ4v) is 5.39. The standard InChI is InChI=1S/C16H21NO3.C13H12O4S/c1-17-12-7-8-13(17)10-14(9-12)20-16(19)15(18)11-5-3-2-4-6-11;14-18(15,16)13-8-6-12(7-9-13)17-10-11-4-2-1-3-5-11/h2-6,12-15,18H,7-10H2,1H3;1-9H,10H2,(H,14,15,16)/t12-,13+,14?,15?;. The highest BCUT2D eigenvalue weighted by atomic mass is 32.2. The van der Waals surface area contributed by atoms with Crippen LogP contribution in [-0.4, -0.2) is 54.2 Å². The van der Waals surface area contributed by atoms with Gasteiger partial charge in [0.15, 0.2) is 6.10 Å². The Hall–Kier alpha value is -3.24. The van der Waals surface area contributed by atoms with E-state index in [9.17, 15) is 18.3 Å². The molecule has 0 amide bonds. The molecule has 2 saturated heterocycles. The third-order valence-corrected chi connectivity index (χ3v) is 7.91. The van der Waals surface area contributed by atoms with Gasteiger partial charge in [0.2, 0.25) is 0 Å². The fourth-order valence-electron chi connectivity index (χ4n) is 4.91. The maximum atomic E-state index is 12.0. The number of carbonyl (C=O) groups is 1. The Kier molecular flexibility index (Phi) is 9.17. The largest absolute Gasteiger partial charge is 0.489 e. The molecule has 3 aromatic carbocycles. The van der Waals surface area contributed by atoms with E-state index in [1.54, 1.807) is 12.1 Å². The quantitative estimate of drug-likeness (QED) is 0.336. The number of ether oxygens (including phenoxy) is 2. The molecule has 202 valence electrons. The minimum absolute atomic E-state index is 0.0467. The summed E-state index contributed by atoms with van der Waals surface area (Å²) < 4.78 is 41.5. The average molecular weight is 540 g/mol. The molecule has 0 radical (unpaired) electrons. The van der Waals surface area contributed by atoms with Crippen molar-refractivity contribution in [3.8, 4) is 5.75 Å². The molecule has 4 atom stereocenters. The lowest BCUT2D eigenvalue weighted by Gasteiger charge is -2.36. The Labute approximate surface area is 223 Å². The molecule has 0 saturated carbocycles. The number of esters is 1. The zero-order chi connectivity index (χ0) is 27.1. The van der Waals surface area contributed by atoms with E-state index in [1.807, 2.05) is 48.5 Å². The number of hydrogen-bond donors (Lipinski definition) is 2. The summed E-state index contributed by atoms with van der Waals surface area (Å²) in [5, 5.41) is 10.0. The second-order valence-corrected chi connectivity index (χ2v) is 11.0. The Bertz CT molecular complexity index is 1270. The van der Waals surface area contributed by atoms with E-state index < -0.39 is 22.2 Å². The number of benzene rings is 3. The van der Waals surface area contributed by atoms with Crippen LogP contribution in [0.25, 0.3) is 0 Å². The molecule has 38 heavy (non-hydrogen) atoms. The van der Waals surface area contributed by atoms with Crippen molar-refractivity contribution in [1.29, 1.82) is 0 Å². The molecular weight excluding hydrogens is 506 g/mol. The Morgan fingerprint density at radius 1 is 0.921 bits per heavy atom. The van der Waals surface area contributed by atoms with Crippen LogP contribution in [0.1, 0.15) is 42.9 Å². The topological polar surface area (TPSA) is 113 Å². The van der Waals surface area contributed by atoms with Crippen molar-refractivity contribution < 1.29 is 32.3 Å². The number of aliphatic hydroxyl groups excluding tert-OH is 1. The van der Waals surface area contributed by atoms with E-state index in [1.165, 1.54) is 37.1 Å². The van der Waals surface area contributed by atoms with Crippen molar-refractivity contribution in [2.45, 2.75) is 61.5 Å². The number of fused-ring (bicyclic) bond motifs is 2. The summed E-state index contributed by atoms with van der Waals surface area (Å²) in [7, 11) is -1.99. The third-order valence-electron chi connectivity index (χ3n) is 7.05. The van der Waals surface area contributed by atoms with Crippen molar-refractivity contribution in [2.24, 2.45) is 0 Å². The smallest absolute Gasteiger partial charge is 0.339 e. The first-order valence-electron chi connectivity index (χ1n) is 12.6. The van der Waals surface area contributed by atoms with Crippen LogP contribution < -0.4 is 4.74 Å². The van der Waals surface area contributed by atoms with Crippen LogP contribution >= 0.6 is 0 Å². The van der Waals surface area contributed by atoms with Crippen LogP contribution in [-0.2, 0) is 26.3 Å². The molecule has 0 aromatic heterocycles. The number of carbonyl (C=O) groups excluding carboxylic acids is 1.